The Morgan fingerprint density at radius 3 is 2.69 bits per heavy atom. The lowest BCUT2D eigenvalue weighted by Crippen LogP contribution is -2.24. The van der Waals surface area contributed by atoms with Crippen molar-refractivity contribution in [3.05, 3.63) is 28.8 Å². The fourth-order valence-electron chi connectivity index (χ4n) is 0.894. The number of para-hydroxylation sites is 1. The second-order valence-electron chi connectivity index (χ2n) is 2.58. The number of aryl methyl sites for hydroxylation is 1. The third kappa shape index (κ3) is 2.52. The fraction of sp³-hybridized carbons (Fsp3) is 0.125. The van der Waals surface area contributed by atoms with Gasteiger partial charge in [-0.1, -0.05) is 23.7 Å². The second-order valence-corrected chi connectivity index (χ2v) is 2.99. The smallest absolute Gasteiger partial charge is 0.208 e. The molecule has 0 aliphatic heterocycles. The summed E-state index contributed by atoms with van der Waals surface area (Å²) in [5.74, 6) is -0.0284. The third-order valence-electron chi connectivity index (χ3n) is 1.52. The quantitative estimate of drug-likeness (QED) is 0.380. The van der Waals surface area contributed by atoms with Crippen LogP contribution in [0.25, 0.3) is 0 Å². The molecular weight excluding hydrogens is 188 g/mol. The summed E-state index contributed by atoms with van der Waals surface area (Å²) in [7, 11) is 0. The van der Waals surface area contributed by atoms with Crippen molar-refractivity contribution in [2.45, 2.75) is 6.92 Å². The number of anilines is 1. The van der Waals surface area contributed by atoms with Crippen LogP contribution in [0, 0.1) is 6.92 Å². The minimum absolute atomic E-state index is 0.0284. The topological polar surface area (TPSA) is 76.4 Å². The summed E-state index contributed by atoms with van der Waals surface area (Å²) < 4.78 is 0. The zero-order valence-corrected chi connectivity index (χ0v) is 7.97. The molecule has 1 aromatic carbocycles. The van der Waals surface area contributed by atoms with E-state index in [-0.39, 0.29) is 5.96 Å². The number of halogens is 1. The number of hydrazone groups is 1. The summed E-state index contributed by atoms with van der Waals surface area (Å²) >= 11 is 5.90. The van der Waals surface area contributed by atoms with Gasteiger partial charge < -0.3 is 11.5 Å². The van der Waals surface area contributed by atoms with Crippen LogP contribution in [-0.2, 0) is 0 Å². The molecule has 13 heavy (non-hydrogen) atoms. The van der Waals surface area contributed by atoms with E-state index < -0.39 is 0 Å². The average molecular weight is 199 g/mol. The minimum Gasteiger partial charge on any atom is -0.369 e. The number of rotatable bonds is 2. The molecule has 70 valence electrons. The lowest BCUT2D eigenvalue weighted by Gasteiger charge is -2.06. The normalized spacial score (nSPS) is 9.38. The fourth-order valence-corrected chi connectivity index (χ4v) is 1.16. The molecular formula is C8H11ClN4. The SMILES string of the molecule is Cc1cccc(Cl)c1NN=C(N)N. The van der Waals surface area contributed by atoms with Crippen LogP contribution in [-0.4, -0.2) is 5.96 Å². The molecule has 1 aromatic rings. The largest absolute Gasteiger partial charge is 0.369 e. The van der Waals surface area contributed by atoms with E-state index in [2.05, 4.69) is 10.5 Å². The van der Waals surface area contributed by atoms with E-state index >= 15 is 0 Å². The van der Waals surface area contributed by atoms with Crippen LogP contribution < -0.4 is 16.9 Å². The first-order chi connectivity index (χ1) is 6.11. The van der Waals surface area contributed by atoms with Gasteiger partial charge in [-0.3, -0.25) is 5.43 Å². The van der Waals surface area contributed by atoms with Gasteiger partial charge in [0.2, 0.25) is 5.96 Å². The maximum atomic E-state index is 5.90. The number of hydrogen-bond donors (Lipinski definition) is 3. The van der Waals surface area contributed by atoms with Crippen LogP contribution in [0.1, 0.15) is 5.56 Å². The van der Waals surface area contributed by atoms with Crippen LogP contribution in [0.5, 0.6) is 0 Å². The van der Waals surface area contributed by atoms with E-state index in [0.29, 0.717) is 5.02 Å². The maximum absolute atomic E-state index is 5.90. The van der Waals surface area contributed by atoms with Gasteiger partial charge in [0.15, 0.2) is 0 Å². The van der Waals surface area contributed by atoms with Crippen molar-refractivity contribution in [3.8, 4) is 0 Å². The minimum atomic E-state index is -0.0284. The summed E-state index contributed by atoms with van der Waals surface area (Å²) in [6.45, 7) is 1.91. The highest BCUT2D eigenvalue weighted by atomic mass is 35.5. The van der Waals surface area contributed by atoms with E-state index in [1.807, 2.05) is 19.1 Å². The molecule has 0 spiro atoms. The highest BCUT2D eigenvalue weighted by Gasteiger charge is 2.01. The number of nitrogens with zero attached hydrogens (tertiary/aromatic N) is 1. The van der Waals surface area contributed by atoms with E-state index in [0.717, 1.165) is 11.3 Å². The molecule has 5 heteroatoms. The van der Waals surface area contributed by atoms with Crippen molar-refractivity contribution in [1.82, 2.24) is 0 Å². The maximum Gasteiger partial charge on any atom is 0.208 e. The first kappa shape index (κ1) is 9.67. The van der Waals surface area contributed by atoms with Crippen LogP contribution in [0.2, 0.25) is 5.02 Å². The molecule has 0 aliphatic carbocycles. The Morgan fingerprint density at radius 2 is 2.15 bits per heavy atom. The lowest BCUT2D eigenvalue weighted by atomic mass is 10.2. The van der Waals surface area contributed by atoms with Crippen molar-refractivity contribution >= 4 is 23.2 Å². The monoisotopic (exact) mass is 198 g/mol. The average Bonchev–Trinajstić information content (AvgIpc) is 2.03. The summed E-state index contributed by atoms with van der Waals surface area (Å²) in [5.41, 5.74) is 14.7. The van der Waals surface area contributed by atoms with Gasteiger partial charge in [-0.25, -0.2) is 0 Å². The Balaban J connectivity index is 2.94. The predicted octanol–water partition coefficient (Wildman–Crippen LogP) is 1.25. The summed E-state index contributed by atoms with van der Waals surface area (Å²) in [5, 5.41) is 4.24. The van der Waals surface area contributed by atoms with Gasteiger partial charge in [0.25, 0.3) is 0 Å². The van der Waals surface area contributed by atoms with E-state index in [1.54, 1.807) is 6.07 Å². The van der Waals surface area contributed by atoms with Gasteiger partial charge in [-0.15, -0.1) is 5.10 Å². The zero-order valence-electron chi connectivity index (χ0n) is 7.21. The van der Waals surface area contributed by atoms with Crippen LogP contribution >= 0.6 is 11.6 Å². The summed E-state index contributed by atoms with van der Waals surface area (Å²) in [6, 6.07) is 5.54. The Labute approximate surface area is 81.6 Å². The highest BCUT2D eigenvalue weighted by Crippen LogP contribution is 2.24. The molecule has 4 nitrogen and oxygen atoms in total. The molecule has 0 unspecified atom stereocenters. The van der Waals surface area contributed by atoms with Crippen LogP contribution in [0.3, 0.4) is 0 Å². The van der Waals surface area contributed by atoms with E-state index in [9.17, 15) is 0 Å². The van der Waals surface area contributed by atoms with Gasteiger partial charge in [0.05, 0.1) is 10.7 Å². The van der Waals surface area contributed by atoms with E-state index in [4.69, 9.17) is 23.1 Å². The molecule has 0 saturated carbocycles. The highest BCUT2D eigenvalue weighted by molar-refractivity contribution is 6.33. The third-order valence-corrected chi connectivity index (χ3v) is 1.83. The first-order valence-electron chi connectivity index (χ1n) is 3.71. The Bertz CT molecular complexity index is 311. The molecule has 0 fully saturated rings. The molecule has 0 atom stereocenters. The Kier molecular flexibility index (Phi) is 2.97. The number of benzene rings is 1. The second kappa shape index (κ2) is 4.00. The summed E-state index contributed by atoms with van der Waals surface area (Å²) in [6.07, 6.45) is 0. The zero-order chi connectivity index (χ0) is 9.84. The molecule has 0 radical (unpaired) electrons. The predicted molar refractivity (Wildman–Crippen MR) is 55.6 cm³/mol. The van der Waals surface area contributed by atoms with Gasteiger partial charge in [-0.05, 0) is 18.6 Å². The Hall–Kier alpha value is -1.42. The molecule has 0 saturated heterocycles. The molecule has 0 amide bonds. The van der Waals surface area contributed by atoms with Gasteiger partial charge in [-0.2, -0.15) is 0 Å². The van der Waals surface area contributed by atoms with Crippen molar-refractivity contribution < 1.29 is 0 Å². The molecule has 0 aromatic heterocycles. The number of nitrogens with two attached hydrogens (primary N) is 2. The molecule has 0 bridgehead atoms. The molecule has 0 aliphatic rings. The van der Waals surface area contributed by atoms with Gasteiger partial charge in [0.1, 0.15) is 0 Å². The molecule has 5 N–H and O–H groups in total. The van der Waals surface area contributed by atoms with Crippen LogP contribution in [0.15, 0.2) is 23.3 Å². The number of nitrogens with one attached hydrogen (secondary N) is 1. The van der Waals surface area contributed by atoms with Gasteiger partial charge >= 0.3 is 0 Å². The van der Waals surface area contributed by atoms with Crippen molar-refractivity contribution in [1.29, 1.82) is 0 Å². The molecule has 0 heterocycles. The summed E-state index contributed by atoms with van der Waals surface area (Å²) in [4.78, 5) is 0. The lowest BCUT2D eigenvalue weighted by molar-refractivity contribution is 1.27. The molecule has 1 rings (SSSR count). The number of guanidine groups is 1. The van der Waals surface area contributed by atoms with Crippen LogP contribution in [0.4, 0.5) is 5.69 Å². The van der Waals surface area contributed by atoms with Crippen molar-refractivity contribution in [3.63, 3.8) is 0 Å². The van der Waals surface area contributed by atoms with E-state index in [1.165, 1.54) is 0 Å². The van der Waals surface area contributed by atoms with Crippen molar-refractivity contribution in [2.75, 3.05) is 5.43 Å². The Morgan fingerprint density at radius 1 is 1.46 bits per heavy atom. The first-order valence-corrected chi connectivity index (χ1v) is 4.09. The standard InChI is InChI=1S/C8H11ClN4/c1-5-3-2-4-6(9)7(5)12-13-8(10)11/h2-4,12H,1H3,(H4,10,11,13). The van der Waals surface area contributed by atoms with Crippen molar-refractivity contribution in [2.24, 2.45) is 16.6 Å². The van der Waals surface area contributed by atoms with Gasteiger partial charge in [0, 0.05) is 0 Å². The number of hydrogen-bond acceptors (Lipinski definition) is 2.